The molecule has 0 aromatic heterocycles. The number of rotatable bonds is 2. The van der Waals surface area contributed by atoms with Crippen molar-refractivity contribution in [2.24, 2.45) is 5.92 Å². The molecule has 1 aliphatic rings. The molecule has 1 rings (SSSR count). The Kier molecular flexibility index (Phi) is 3.57. The third-order valence-electron chi connectivity index (χ3n) is 2.62. The lowest BCUT2D eigenvalue weighted by molar-refractivity contribution is -0.121. The maximum absolute atomic E-state index is 11.1. The molecule has 0 spiro atoms. The van der Waals surface area contributed by atoms with Crippen molar-refractivity contribution in [3.8, 4) is 0 Å². The summed E-state index contributed by atoms with van der Waals surface area (Å²) in [5.41, 5.74) is 0. The van der Waals surface area contributed by atoms with Crippen LogP contribution < -0.4 is 5.32 Å². The minimum Gasteiger partial charge on any atom is -0.353 e. The van der Waals surface area contributed by atoms with E-state index in [0.29, 0.717) is 12.5 Å². The lowest BCUT2D eigenvalue weighted by atomic mass is 9.87. The van der Waals surface area contributed by atoms with Gasteiger partial charge in [0.1, 0.15) is 0 Å². The molecule has 70 valence electrons. The van der Waals surface area contributed by atoms with Crippen LogP contribution in [-0.4, -0.2) is 11.9 Å². The summed E-state index contributed by atoms with van der Waals surface area (Å²) in [7, 11) is 0. The zero-order chi connectivity index (χ0) is 8.97. The number of amides is 1. The van der Waals surface area contributed by atoms with Crippen LogP contribution in [0.1, 0.15) is 46.0 Å². The normalized spacial score (nSPS) is 29.8. The maximum atomic E-state index is 11.1. The fourth-order valence-corrected chi connectivity index (χ4v) is 1.89. The van der Waals surface area contributed by atoms with Crippen LogP contribution in [0, 0.1) is 5.92 Å². The van der Waals surface area contributed by atoms with Crippen LogP contribution in [-0.2, 0) is 4.79 Å². The van der Waals surface area contributed by atoms with Gasteiger partial charge in [-0.2, -0.15) is 0 Å². The van der Waals surface area contributed by atoms with Crippen LogP contribution in [0.2, 0.25) is 0 Å². The van der Waals surface area contributed by atoms with Crippen molar-refractivity contribution in [2.45, 2.75) is 52.0 Å². The topological polar surface area (TPSA) is 29.1 Å². The van der Waals surface area contributed by atoms with Gasteiger partial charge in [-0.3, -0.25) is 4.79 Å². The first-order valence-corrected chi connectivity index (χ1v) is 5.01. The first-order valence-electron chi connectivity index (χ1n) is 5.01. The van der Waals surface area contributed by atoms with Gasteiger partial charge in [-0.15, -0.1) is 0 Å². The molecular weight excluding hydrogens is 150 g/mol. The van der Waals surface area contributed by atoms with Crippen molar-refractivity contribution < 1.29 is 4.79 Å². The van der Waals surface area contributed by atoms with Crippen LogP contribution >= 0.6 is 0 Å². The quantitative estimate of drug-likeness (QED) is 0.673. The van der Waals surface area contributed by atoms with Gasteiger partial charge in [0.15, 0.2) is 0 Å². The monoisotopic (exact) mass is 169 g/mol. The molecule has 0 unspecified atom stereocenters. The second-order valence-electron chi connectivity index (χ2n) is 3.89. The van der Waals surface area contributed by atoms with E-state index in [0.717, 1.165) is 5.92 Å². The Bertz CT molecular complexity index is 156. The Labute approximate surface area is 74.7 Å². The zero-order valence-corrected chi connectivity index (χ0v) is 8.10. The molecule has 12 heavy (non-hydrogen) atoms. The largest absolute Gasteiger partial charge is 0.353 e. The number of nitrogens with one attached hydrogen (secondary N) is 1. The molecule has 2 heteroatoms. The molecule has 1 N–H and O–H groups in total. The van der Waals surface area contributed by atoms with Crippen molar-refractivity contribution in [1.29, 1.82) is 0 Å². The number of carbonyl (C=O) groups is 1. The Balaban J connectivity index is 2.27. The first-order chi connectivity index (χ1) is 5.72. The first kappa shape index (κ1) is 9.56. The average Bonchev–Trinajstić information content (AvgIpc) is 2.04. The number of hydrogen-bond donors (Lipinski definition) is 1. The zero-order valence-electron chi connectivity index (χ0n) is 8.10. The third-order valence-corrected chi connectivity index (χ3v) is 2.62. The van der Waals surface area contributed by atoms with Gasteiger partial charge < -0.3 is 5.32 Å². The van der Waals surface area contributed by atoms with Crippen LogP contribution in [0.5, 0.6) is 0 Å². The maximum Gasteiger partial charge on any atom is 0.219 e. The Morgan fingerprint density at radius 1 is 1.50 bits per heavy atom. The van der Waals surface area contributed by atoms with Crippen molar-refractivity contribution in [3.05, 3.63) is 0 Å². The van der Waals surface area contributed by atoms with E-state index in [-0.39, 0.29) is 5.91 Å². The van der Waals surface area contributed by atoms with Crippen LogP contribution in [0.4, 0.5) is 0 Å². The second-order valence-corrected chi connectivity index (χ2v) is 3.89. The van der Waals surface area contributed by atoms with E-state index in [1.165, 1.54) is 25.7 Å². The molecule has 1 saturated carbocycles. The molecule has 1 fully saturated rings. The SMILES string of the molecule is CCC(=O)N[C@@H]1CCC[C@@H](C)C1. The van der Waals surface area contributed by atoms with Crippen molar-refractivity contribution in [1.82, 2.24) is 5.32 Å². The highest BCUT2D eigenvalue weighted by Crippen LogP contribution is 2.23. The summed E-state index contributed by atoms with van der Waals surface area (Å²) in [6.07, 6.45) is 5.57. The fraction of sp³-hybridized carbons (Fsp3) is 0.900. The summed E-state index contributed by atoms with van der Waals surface area (Å²) >= 11 is 0. The van der Waals surface area contributed by atoms with Gasteiger partial charge >= 0.3 is 0 Å². The predicted molar refractivity (Wildman–Crippen MR) is 49.9 cm³/mol. The van der Waals surface area contributed by atoms with E-state index in [4.69, 9.17) is 0 Å². The molecule has 1 aliphatic carbocycles. The Morgan fingerprint density at radius 3 is 2.83 bits per heavy atom. The lowest BCUT2D eigenvalue weighted by Gasteiger charge is -2.27. The van der Waals surface area contributed by atoms with Crippen molar-refractivity contribution >= 4 is 5.91 Å². The molecule has 2 atom stereocenters. The highest BCUT2D eigenvalue weighted by molar-refractivity contribution is 5.75. The molecule has 0 saturated heterocycles. The van der Waals surface area contributed by atoms with E-state index < -0.39 is 0 Å². The van der Waals surface area contributed by atoms with Crippen molar-refractivity contribution in [2.75, 3.05) is 0 Å². The van der Waals surface area contributed by atoms with Gasteiger partial charge in [0.25, 0.3) is 0 Å². The molecule has 0 radical (unpaired) electrons. The Morgan fingerprint density at radius 2 is 2.25 bits per heavy atom. The Hall–Kier alpha value is -0.530. The lowest BCUT2D eigenvalue weighted by Crippen LogP contribution is -2.37. The van der Waals surface area contributed by atoms with Crippen LogP contribution in [0.15, 0.2) is 0 Å². The molecule has 0 bridgehead atoms. The van der Waals surface area contributed by atoms with Gasteiger partial charge in [-0.1, -0.05) is 26.7 Å². The summed E-state index contributed by atoms with van der Waals surface area (Å²) in [5.74, 6) is 0.995. The smallest absolute Gasteiger partial charge is 0.219 e. The van der Waals surface area contributed by atoms with Gasteiger partial charge in [0.2, 0.25) is 5.91 Å². The van der Waals surface area contributed by atoms with Gasteiger partial charge in [0.05, 0.1) is 0 Å². The summed E-state index contributed by atoms with van der Waals surface area (Å²) in [6.45, 7) is 4.17. The summed E-state index contributed by atoms with van der Waals surface area (Å²) < 4.78 is 0. The summed E-state index contributed by atoms with van der Waals surface area (Å²) in [6, 6.07) is 0.459. The molecule has 0 aromatic carbocycles. The van der Waals surface area contributed by atoms with Crippen LogP contribution in [0.3, 0.4) is 0 Å². The third kappa shape index (κ3) is 2.84. The minimum absolute atomic E-state index is 0.203. The average molecular weight is 169 g/mol. The van der Waals surface area contributed by atoms with Crippen molar-refractivity contribution in [3.63, 3.8) is 0 Å². The molecular formula is C10H19NO. The van der Waals surface area contributed by atoms with E-state index in [9.17, 15) is 4.79 Å². The molecule has 2 nitrogen and oxygen atoms in total. The van der Waals surface area contributed by atoms with Crippen LogP contribution in [0.25, 0.3) is 0 Å². The fourth-order valence-electron chi connectivity index (χ4n) is 1.89. The van der Waals surface area contributed by atoms with Gasteiger partial charge in [0, 0.05) is 12.5 Å². The standard InChI is InChI=1S/C10H19NO/c1-3-10(12)11-9-6-4-5-8(2)7-9/h8-9H,3-7H2,1-2H3,(H,11,12)/t8-,9-/m1/s1. The van der Waals surface area contributed by atoms with E-state index in [1.54, 1.807) is 0 Å². The predicted octanol–water partition coefficient (Wildman–Crippen LogP) is 2.09. The molecule has 0 aromatic rings. The van der Waals surface area contributed by atoms with Gasteiger partial charge in [-0.25, -0.2) is 0 Å². The molecule has 0 aliphatic heterocycles. The molecule has 1 amide bonds. The number of carbonyl (C=O) groups excluding carboxylic acids is 1. The highest BCUT2D eigenvalue weighted by Gasteiger charge is 2.19. The number of hydrogen-bond acceptors (Lipinski definition) is 1. The van der Waals surface area contributed by atoms with E-state index in [2.05, 4.69) is 12.2 Å². The van der Waals surface area contributed by atoms with Gasteiger partial charge in [-0.05, 0) is 18.8 Å². The molecule has 0 heterocycles. The highest BCUT2D eigenvalue weighted by atomic mass is 16.1. The second kappa shape index (κ2) is 4.48. The summed E-state index contributed by atoms with van der Waals surface area (Å²) in [5, 5.41) is 3.06. The summed E-state index contributed by atoms with van der Waals surface area (Å²) in [4.78, 5) is 11.1. The van der Waals surface area contributed by atoms with E-state index in [1.807, 2.05) is 6.92 Å². The van der Waals surface area contributed by atoms with E-state index >= 15 is 0 Å². The minimum atomic E-state index is 0.203.